The average Bonchev–Trinajstić information content (AvgIpc) is 2.58. The van der Waals surface area contributed by atoms with Crippen LogP contribution in [0.15, 0.2) is 53.0 Å². The van der Waals surface area contributed by atoms with Crippen LogP contribution in [0.5, 0.6) is 0 Å². The lowest BCUT2D eigenvalue weighted by molar-refractivity contribution is -0.143. The SMILES string of the molecule is N#Cc1ccccc1COC(=O)CNC(=O)c1ccc(Br)cc1. The molecule has 2 aromatic carbocycles. The van der Waals surface area contributed by atoms with E-state index in [1.54, 1.807) is 48.5 Å². The zero-order valence-electron chi connectivity index (χ0n) is 12.1. The molecular weight excluding hydrogens is 360 g/mol. The van der Waals surface area contributed by atoms with Crippen LogP contribution in [-0.2, 0) is 16.1 Å². The van der Waals surface area contributed by atoms with E-state index >= 15 is 0 Å². The average molecular weight is 373 g/mol. The molecule has 116 valence electrons. The third kappa shape index (κ3) is 4.94. The van der Waals surface area contributed by atoms with Crippen LogP contribution in [0.1, 0.15) is 21.5 Å². The van der Waals surface area contributed by atoms with Gasteiger partial charge in [0, 0.05) is 15.6 Å². The van der Waals surface area contributed by atoms with Crippen LogP contribution in [0.4, 0.5) is 0 Å². The third-order valence-corrected chi connectivity index (χ3v) is 3.55. The lowest BCUT2D eigenvalue weighted by atomic mass is 10.1. The van der Waals surface area contributed by atoms with E-state index in [2.05, 4.69) is 21.2 Å². The summed E-state index contributed by atoms with van der Waals surface area (Å²) in [5, 5.41) is 11.4. The molecule has 23 heavy (non-hydrogen) atoms. The van der Waals surface area contributed by atoms with Gasteiger partial charge in [-0.15, -0.1) is 0 Å². The van der Waals surface area contributed by atoms with Crippen LogP contribution in [-0.4, -0.2) is 18.4 Å². The van der Waals surface area contributed by atoms with Gasteiger partial charge in [-0.25, -0.2) is 0 Å². The summed E-state index contributed by atoms with van der Waals surface area (Å²) < 4.78 is 5.93. The topological polar surface area (TPSA) is 79.2 Å². The monoisotopic (exact) mass is 372 g/mol. The highest BCUT2D eigenvalue weighted by Gasteiger charge is 2.10. The molecule has 6 heteroatoms. The van der Waals surface area contributed by atoms with Crippen LogP contribution in [0.25, 0.3) is 0 Å². The van der Waals surface area contributed by atoms with Gasteiger partial charge in [0.25, 0.3) is 5.91 Å². The zero-order chi connectivity index (χ0) is 16.7. The summed E-state index contributed by atoms with van der Waals surface area (Å²) in [5.74, 6) is -0.921. The van der Waals surface area contributed by atoms with Gasteiger partial charge in [-0.1, -0.05) is 34.1 Å². The predicted octanol–water partition coefficient (Wildman–Crippen LogP) is 2.79. The van der Waals surface area contributed by atoms with E-state index in [4.69, 9.17) is 10.00 Å². The summed E-state index contributed by atoms with van der Waals surface area (Å²) in [6, 6.07) is 15.7. The van der Waals surface area contributed by atoms with E-state index in [9.17, 15) is 9.59 Å². The molecule has 0 atom stereocenters. The molecule has 2 aromatic rings. The van der Waals surface area contributed by atoms with E-state index < -0.39 is 5.97 Å². The van der Waals surface area contributed by atoms with Gasteiger partial charge in [-0.05, 0) is 30.3 Å². The zero-order valence-corrected chi connectivity index (χ0v) is 13.7. The van der Waals surface area contributed by atoms with Gasteiger partial charge in [0.15, 0.2) is 0 Å². The fraction of sp³-hybridized carbons (Fsp3) is 0.118. The van der Waals surface area contributed by atoms with Crippen molar-refractivity contribution in [2.24, 2.45) is 0 Å². The van der Waals surface area contributed by atoms with Crippen molar-refractivity contribution in [3.05, 3.63) is 69.7 Å². The molecule has 0 radical (unpaired) electrons. The molecule has 0 saturated carbocycles. The van der Waals surface area contributed by atoms with Gasteiger partial charge in [-0.2, -0.15) is 5.26 Å². The molecule has 0 aliphatic rings. The van der Waals surface area contributed by atoms with Crippen molar-refractivity contribution in [2.45, 2.75) is 6.61 Å². The second-order valence-electron chi connectivity index (χ2n) is 4.62. The van der Waals surface area contributed by atoms with Crippen LogP contribution < -0.4 is 5.32 Å². The quantitative estimate of drug-likeness (QED) is 0.818. The molecule has 2 rings (SSSR count). The number of amides is 1. The highest BCUT2D eigenvalue weighted by Crippen LogP contribution is 2.10. The molecule has 1 amide bonds. The summed E-state index contributed by atoms with van der Waals surface area (Å²) in [5.41, 5.74) is 1.54. The number of carbonyl (C=O) groups is 2. The molecule has 5 nitrogen and oxygen atoms in total. The lowest BCUT2D eigenvalue weighted by Gasteiger charge is -2.07. The Labute approximate surface area is 142 Å². The smallest absolute Gasteiger partial charge is 0.325 e. The third-order valence-electron chi connectivity index (χ3n) is 3.03. The van der Waals surface area contributed by atoms with Gasteiger partial charge >= 0.3 is 5.97 Å². The Morgan fingerprint density at radius 3 is 2.52 bits per heavy atom. The van der Waals surface area contributed by atoms with Crippen molar-refractivity contribution in [3.63, 3.8) is 0 Å². The molecule has 0 bridgehead atoms. The number of esters is 1. The minimum absolute atomic E-state index is 0.00325. The molecule has 0 fully saturated rings. The molecule has 0 spiro atoms. The Morgan fingerprint density at radius 2 is 1.83 bits per heavy atom. The van der Waals surface area contributed by atoms with E-state index in [-0.39, 0.29) is 19.1 Å². The fourth-order valence-corrected chi connectivity index (χ4v) is 2.08. The number of hydrogen-bond donors (Lipinski definition) is 1. The summed E-state index contributed by atoms with van der Waals surface area (Å²) in [6.45, 7) is -0.236. The molecule has 0 aliphatic carbocycles. The number of rotatable bonds is 5. The van der Waals surface area contributed by atoms with Crippen molar-refractivity contribution in [3.8, 4) is 6.07 Å². The Kier molecular flexibility index (Phi) is 5.89. The van der Waals surface area contributed by atoms with Crippen LogP contribution >= 0.6 is 15.9 Å². The van der Waals surface area contributed by atoms with Gasteiger partial charge in [-0.3, -0.25) is 9.59 Å². The van der Waals surface area contributed by atoms with Crippen molar-refractivity contribution >= 4 is 27.8 Å². The van der Waals surface area contributed by atoms with Gasteiger partial charge in [0.05, 0.1) is 11.6 Å². The highest BCUT2D eigenvalue weighted by molar-refractivity contribution is 9.10. The van der Waals surface area contributed by atoms with E-state index in [0.717, 1.165) is 4.47 Å². The first kappa shape index (κ1) is 16.7. The van der Waals surface area contributed by atoms with E-state index in [1.807, 2.05) is 6.07 Å². The van der Waals surface area contributed by atoms with Gasteiger partial charge in [0.1, 0.15) is 13.2 Å². The van der Waals surface area contributed by atoms with Gasteiger partial charge in [0.2, 0.25) is 0 Å². The number of hydrogen-bond acceptors (Lipinski definition) is 4. The summed E-state index contributed by atoms with van der Waals surface area (Å²) in [4.78, 5) is 23.5. The molecule has 0 saturated heterocycles. The number of ether oxygens (including phenoxy) is 1. The predicted molar refractivity (Wildman–Crippen MR) is 87.4 cm³/mol. The number of nitriles is 1. The summed E-state index contributed by atoms with van der Waals surface area (Å²) >= 11 is 3.28. The Morgan fingerprint density at radius 1 is 1.13 bits per heavy atom. The van der Waals surface area contributed by atoms with E-state index in [0.29, 0.717) is 16.7 Å². The first-order chi connectivity index (χ1) is 11.1. The van der Waals surface area contributed by atoms with Crippen molar-refractivity contribution in [2.75, 3.05) is 6.54 Å². The number of halogens is 1. The van der Waals surface area contributed by atoms with Crippen LogP contribution in [0, 0.1) is 11.3 Å². The molecule has 0 aliphatic heterocycles. The number of nitrogens with one attached hydrogen (secondary N) is 1. The lowest BCUT2D eigenvalue weighted by Crippen LogP contribution is -2.30. The van der Waals surface area contributed by atoms with Crippen molar-refractivity contribution in [1.82, 2.24) is 5.32 Å². The van der Waals surface area contributed by atoms with Crippen molar-refractivity contribution < 1.29 is 14.3 Å². The highest BCUT2D eigenvalue weighted by atomic mass is 79.9. The first-order valence-electron chi connectivity index (χ1n) is 6.77. The minimum Gasteiger partial charge on any atom is -0.459 e. The fourth-order valence-electron chi connectivity index (χ4n) is 1.82. The number of benzene rings is 2. The normalized spacial score (nSPS) is 9.74. The Bertz CT molecular complexity index is 751. The van der Waals surface area contributed by atoms with Crippen LogP contribution in [0.3, 0.4) is 0 Å². The molecular formula is C17H13BrN2O3. The first-order valence-corrected chi connectivity index (χ1v) is 7.57. The van der Waals surface area contributed by atoms with Crippen LogP contribution in [0.2, 0.25) is 0 Å². The summed E-state index contributed by atoms with van der Waals surface area (Å²) in [6.07, 6.45) is 0. The Hall–Kier alpha value is -2.65. The maximum atomic E-state index is 11.9. The van der Waals surface area contributed by atoms with E-state index in [1.165, 1.54) is 0 Å². The second-order valence-corrected chi connectivity index (χ2v) is 5.53. The van der Waals surface area contributed by atoms with Gasteiger partial charge < -0.3 is 10.1 Å². The molecule has 0 unspecified atom stereocenters. The second kappa shape index (κ2) is 8.11. The largest absolute Gasteiger partial charge is 0.459 e. The summed E-state index contributed by atoms with van der Waals surface area (Å²) in [7, 11) is 0. The molecule has 1 N–H and O–H groups in total. The minimum atomic E-state index is -0.566. The standard InChI is InChI=1S/C17H13BrN2O3/c18-15-7-5-12(6-8-15)17(22)20-10-16(21)23-11-14-4-2-1-3-13(14)9-19/h1-8H,10-11H2,(H,20,22). The van der Waals surface area contributed by atoms with Crippen molar-refractivity contribution in [1.29, 1.82) is 5.26 Å². The number of carbonyl (C=O) groups excluding carboxylic acids is 2. The maximum absolute atomic E-state index is 11.9. The molecule has 0 heterocycles. The Balaban J connectivity index is 1.82. The molecule has 0 aromatic heterocycles. The number of nitrogens with zero attached hydrogens (tertiary/aromatic N) is 1. The maximum Gasteiger partial charge on any atom is 0.325 e.